The van der Waals surface area contributed by atoms with Gasteiger partial charge in [0, 0.05) is 0 Å². The first-order valence-electron chi connectivity index (χ1n) is 15.7. The summed E-state index contributed by atoms with van der Waals surface area (Å²) in [5.41, 5.74) is 5.01. The van der Waals surface area contributed by atoms with E-state index in [1.807, 2.05) is 110 Å². The van der Waals surface area contributed by atoms with Gasteiger partial charge in [-0.15, -0.1) is 0 Å². The van der Waals surface area contributed by atoms with Gasteiger partial charge in [0.2, 0.25) is 0 Å². The predicted molar refractivity (Wildman–Crippen MR) is 193 cm³/mol. The van der Waals surface area contributed by atoms with Crippen LogP contribution in [0.4, 0.5) is 0 Å². The molecule has 0 unspecified atom stereocenters. The van der Waals surface area contributed by atoms with Crippen LogP contribution in [0.25, 0.3) is 0 Å². The van der Waals surface area contributed by atoms with E-state index >= 15 is 0 Å². The maximum atomic E-state index is 14.5. The van der Waals surface area contributed by atoms with Crippen molar-refractivity contribution in [3.8, 4) is 0 Å². The van der Waals surface area contributed by atoms with Crippen LogP contribution in [0.15, 0.2) is 155 Å². The Morgan fingerprint density at radius 3 is 1.73 bits per heavy atom. The van der Waals surface area contributed by atoms with E-state index < -0.39 is 16.9 Å². The maximum absolute atomic E-state index is 14.5. The minimum absolute atomic E-state index is 0.127. The van der Waals surface area contributed by atoms with Crippen molar-refractivity contribution in [2.75, 3.05) is 6.16 Å². The molecule has 234 valence electrons. The Labute approximate surface area is 270 Å². The predicted octanol–water partition coefficient (Wildman–Crippen LogP) is 9.17. The van der Waals surface area contributed by atoms with Crippen LogP contribution in [0.3, 0.4) is 0 Å². The molecule has 0 N–H and O–H groups in total. The minimum atomic E-state index is -4.23. The van der Waals surface area contributed by atoms with Gasteiger partial charge in [0.05, 0.1) is 0 Å². The number of allylic oxidation sites excluding steroid dienone is 6. The first-order valence-corrected chi connectivity index (χ1v) is 19.5. The van der Waals surface area contributed by atoms with Crippen molar-refractivity contribution in [1.29, 1.82) is 0 Å². The van der Waals surface area contributed by atoms with Crippen LogP contribution in [-0.2, 0) is 14.1 Å². The molecule has 0 fully saturated rings. The summed E-state index contributed by atoms with van der Waals surface area (Å²) in [4.78, 5) is 0.146. The molecule has 0 saturated carbocycles. The van der Waals surface area contributed by atoms with Gasteiger partial charge in [-0.3, -0.25) is 0 Å². The fourth-order valence-electron chi connectivity index (χ4n) is 6.73. The van der Waals surface area contributed by atoms with Gasteiger partial charge in [0.1, 0.15) is 0 Å². The normalized spacial score (nSPS) is 16.8. The van der Waals surface area contributed by atoms with Crippen molar-refractivity contribution in [3.05, 3.63) is 156 Å². The molecule has 0 aliphatic heterocycles. The second-order valence-electron chi connectivity index (χ2n) is 13.0. The quantitative estimate of drug-likeness (QED) is 0.129. The Morgan fingerprint density at radius 1 is 0.778 bits per heavy atom. The molecular formula is C40H45O3PS. The van der Waals surface area contributed by atoms with Gasteiger partial charge < -0.3 is 0 Å². The number of hydrogen-bond acceptors (Lipinski definition) is 3. The van der Waals surface area contributed by atoms with Crippen molar-refractivity contribution < 1.29 is 12.4 Å². The fraction of sp³-hybridized carbons (Fsp3) is 0.250. The summed E-state index contributed by atoms with van der Waals surface area (Å²) in [6.45, 7) is 6.72. The molecule has 3 nitrogen and oxygen atoms in total. The molecule has 0 aromatic heterocycles. The topological polar surface area (TPSA) is 43.4 Å². The number of hydrogen-bond donors (Lipinski definition) is 0. The van der Waals surface area contributed by atoms with Crippen molar-refractivity contribution in [2.24, 2.45) is 5.41 Å². The molecular weight excluding hydrogens is 591 g/mol. The third-order valence-corrected chi connectivity index (χ3v) is 17.3. The van der Waals surface area contributed by atoms with Gasteiger partial charge in [-0.05, 0) is 0 Å². The summed E-state index contributed by atoms with van der Waals surface area (Å²) in [6, 6.07) is 36.8. The van der Waals surface area contributed by atoms with Crippen molar-refractivity contribution in [1.82, 2.24) is 0 Å². The van der Waals surface area contributed by atoms with Crippen LogP contribution < -0.4 is 15.9 Å². The Bertz CT molecular complexity index is 1720. The summed E-state index contributed by atoms with van der Waals surface area (Å²) in [5.74, 6) is 0. The molecule has 0 saturated heterocycles. The van der Waals surface area contributed by atoms with E-state index in [4.69, 9.17) is 3.97 Å². The molecule has 0 spiro atoms. The number of benzene rings is 4. The van der Waals surface area contributed by atoms with E-state index in [1.165, 1.54) is 24.0 Å². The standard InChI is InChI=1S/C40H45O3PS/c1-32-23-26-38(27-24-32)45(41,42)43-44(35-17-9-6-10-18-35,36-19-11-7-12-20-36,37-21-13-8-14-22-37)31-29-33(2)25-28-39-34(3)16-15-30-40(39,4)5/h6-14,17-29H,15-16,30-31H2,1-5H3/b28-25+,33-29+. The van der Waals surface area contributed by atoms with Crippen LogP contribution in [0, 0.1) is 12.3 Å². The second kappa shape index (κ2) is 13.0. The van der Waals surface area contributed by atoms with Crippen LogP contribution in [0.1, 0.15) is 52.5 Å². The summed E-state index contributed by atoms with van der Waals surface area (Å²) >= 11 is 0. The van der Waals surface area contributed by atoms with Gasteiger partial charge in [-0.2, -0.15) is 0 Å². The van der Waals surface area contributed by atoms with Crippen LogP contribution >= 0.6 is 6.83 Å². The van der Waals surface area contributed by atoms with Crippen LogP contribution in [-0.4, -0.2) is 14.6 Å². The first-order chi connectivity index (χ1) is 21.5. The van der Waals surface area contributed by atoms with Crippen molar-refractivity contribution >= 4 is 32.9 Å². The summed E-state index contributed by atoms with van der Waals surface area (Å²) in [5, 5.41) is 2.57. The second-order valence-corrected chi connectivity index (χ2v) is 19.3. The monoisotopic (exact) mass is 636 g/mol. The molecule has 4 aromatic carbocycles. The van der Waals surface area contributed by atoms with Crippen LogP contribution in [0.5, 0.6) is 0 Å². The third kappa shape index (κ3) is 6.42. The summed E-state index contributed by atoms with van der Waals surface area (Å²) in [7, 11) is -4.23. The van der Waals surface area contributed by atoms with Gasteiger partial charge in [-0.25, -0.2) is 0 Å². The zero-order valence-corrected chi connectivity index (χ0v) is 28.8. The molecule has 5 heteroatoms. The van der Waals surface area contributed by atoms with Crippen LogP contribution in [0.2, 0.25) is 0 Å². The molecule has 0 radical (unpaired) electrons. The van der Waals surface area contributed by atoms with Gasteiger partial charge in [-0.1, -0.05) is 0 Å². The molecule has 5 rings (SSSR count). The Hall–Kier alpha value is -3.56. The molecule has 0 bridgehead atoms. The van der Waals surface area contributed by atoms with Crippen molar-refractivity contribution in [3.63, 3.8) is 0 Å². The average Bonchev–Trinajstić information content (AvgIpc) is 3.04. The van der Waals surface area contributed by atoms with Crippen molar-refractivity contribution in [2.45, 2.75) is 58.8 Å². The Balaban J connectivity index is 1.79. The van der Waals surface area contributed by atoms with E-state index in [0.717, 1.165) is 33.5 Å². The average molecular weight is 637 g/mol. The number of rotatable bonds is 10. The van der Waals surface area contributed by atoms with E-state index in [0.29, 0.717) is 6.16 Å². The molecule has 1 aliphatic rings. The van der Waals surface area contributed by atoms with E-state index in [2.05, 4.69) is 45.9 Å². The molecule has 0 amide bonds. The SMILES string of the molecule is CC1=C(/C=C/C(C)=C/CP(OS(=O)(=O)c2ccc(C)cc2)(c2ccccc2)(c2ccccc2)c2ccccc2)C(C)(C)CCC1. The zero-order valence-electron chi connectivity index (χ0n) is 27.1. The van der Waals surface area contributed by atoms with E-state index in [1.54, 1.807) is 12.1 Å². The molecule has 1 aliphatic carbocycles. The molecule has 4 aromatic rings. The van der Waals surface area contributed by atoms with E-state index in [9.17, 15) is 8.42 Å². The third-order valence-electron chi connectivity index (χ3n) is 9.30. The zero-order chi connectivity index (χ0) is 32.2. The first kappa shape index (κ1) is 32.8. The summed E-state index contributed by atoms with van der Waals surface area (Å²) in [6.07, 6.45) is 10.5. The number of aryl methyl sites for hydroxylation is 1. The van der Waals surface area contributed by atoms with Gasteiger partial charge in [0.25, 0.3) is 0 Å². The Kier molecular flexibility index (Phi) is 9.52. The molecule has 0 atom stereocenters. The van der Waals surface area contributed by atoms with E-state index in [-0.39, 0.29) is 10.3 Å². The fourth-order valence-corrected chi connectivity index (χ4v) is 15.1. The van der Waals surface area contributed by atoms with Gasteiger partial charge >= 0.3 is 271 Å². The molecule has 0 heterocycles. The molecule has 45 heavy (non-hydrogen) atoms. The summed E-state index contributed by atoms with van der Waals surface area (Å²) < 4.78 is 36.1. The van der Waals surface area contributed by atoms with Gasteiger partial charge in [0.15, 0.2) is 0 Å². The Morgan fingerprint density at radius 2 is 1.27 bits per heavy atom.